The average Bonchev–Trinajstić information content (AvgIpc) is 3.47. The highest BCUT2D eigenvalue weighted by molar-refractivity contribution is 7.98. The number of sulfonamides is 1. The third-order valence-electron chi connectivity index (χ3n) is 5.58. The molecule has 0 aliphatic carbocycles. The molecule has 170 valence electrons. The van der Waals surface area contributed by atoms with Crippen LogP contribution in [-0.4, -0.2) is 48.2 Å². The summed E-state index contributed by atoms with van der Waals surface area (Å²) in [4.78, 5) is 13.7. The van der Waals surface area contributed by atoms with Crippen molar-refractivity contribution in [3.05, 3.63) is 53.7 Å². The summed E-state index contributed by atoms with van der Waals surface area (Å²) >= 11 is 1.67. The molecule has 1 aromatic carbocycles. The number of thioether (sulfide) groups is 1. The smallest absolute Gasteiger partial charge is 0.276 e. The maximum atomic E-state index is 13.0. The Morgan fingerprint density at radius 1 is 1.22 bits per heavy atom. The normalized spacial score (nSPS) is 15.7. The monoisotopic (exact) mass is 474 g/mol. The summed E-state index contributed by atoms with van der Waals surface area (Å²) in [6, 6.07) is 12.9. The van der Waals surface area contributed by atoms with Crippen molar-refractivity contribution in [2.45, 2.75) is 36.3 Å². The minimum absolute atomic E-state index is 0.0369. The van der Waals surface area contributed by atoms with Gasteiger partial charge < -0.3 is 9.73 Å². The van der Waals surface area contributed by atoms with Crippen LogP contribution < -0.4 is 5.32 Å². The van der Waals surface area contributed by atoms with Gasteiger partial charge >= 0.3 is 0 Å². The molecule has 0 radical (unpaired) electrons. The molecule has 1 saturated heterocycles. The molecule has 32 heavy (non-hydrogen) atoms. The van der Waals surface area contributed by atoms with Crippen LogP contribution in [0.4, 0.5) is 0 Å². The topological polar surface area (TPSA) is 108 Å². The van der Waals surface area contributed by atoms with Gasteiger partial charge in [0.2, 0.25) is 11.0 Å². The van der Waals surface area contributed by atoms with E-state index in [1.54, 1.807) is 23.9 Å². The zero-order valence-electron chi connectivity index (χ0n) is 18.0. The Morgan fingerprint density at radius 3 is 2.56 bits per heavy atom. The number of rotatable bonds is 7. The molecule has 0 unspecified atom stereocenters. The fourth-order valence-electron chi connectivity index (χ4n) is 3.70. The lowest BCUT2D eigenvalue weighted by Gasteiger charge is -2.29. The fourth-order valence-corrected chi connectivity index (χ4v) is 5.49. The lowest BCUT2D eigenvalue weighted by Crippen LogP contribution is -2.42. The number of carbonyl (C=O) groups excluding carboxylic acids is 1. The highest BCUT2D eigenvalue weighted by Gasteiger charge is 2.34. The van der Waals surface area contributed by atoms with E-state index in [4.69, 9.17) is 4.42 Å². The first-order valence-electron chi connectivity index (χ1n) is 10.4. The van der Waals surface area contributed by atoms with E-state index in [2.05, 4.69) is 15.5 Å². The van der Waals surface area contributed by atoms with Gasteiger partial charge in [-0.1, -0.05) is 12.1 Å². The number of H-pyrrole nitrogens is 1. The molecule has 0 atom stereocenters. The molecule has 2 N–H and O–H groups in total. The van der Waals surface area contributed by atoms with Crippen molar-refractivity contribution in [3.63, 3.8) is 0 Å². The third-order valence-corrected chi connectivity index (χ3v) is 8.10. The fraction of sp³-hybridized carbons (Fsp3) is 0.364. The summed E-state index contributed by atoms with van der Waals surface area (Å²) in [5, 5.41) is 9.78. The lowest BCUT2D eigenvalue weighted by molar-refractivity contribution is -0.126. The van der Waals surface area contributed by atoms with E-state index in [0.717, 1.165) is 11.3 Å². The summed E-state index contributed by atoms with van der Waals surface area (Å²) < 4.78 is 32.9. The molecule has 1 amide bonds. The van der Waals surface area contributed by atoms with Gasteiger partial charge in [-0.15, -0.1) is 11.8 Å². The van der Waals surface area contributed by atoms with Crippen LogP contribution in [0.2, 0.25) is 0 Å². The maximum absolute atomic E-state index is 13.0. The molecule has 3 heterocycles. The molecular formula is C22H26N4O4S2. The number of hydrogen-bond acceptors (Lipinski definition) is 6. The molecule has 1 aliphatic rings. The van der Waals surface area contributed by atoms with Gasteiger partial charge in [-0.05, 0) is 61.9 Å². The first-order chi connectivity index (χ1) is 15.4. The quantitative estimate of drug-likeness (QED) is 0.508. The van der Waals surface area contributed by atoms with E-state index in [0.29, 0.717) is 30.8 Å². The summed E-state index contributed by atoms with van der Waals surface area (Å²) in [6.45, 7) is 2.88. The zero-order chi connectivity index (χ0) is 22.7. The second kappa shape index (κ2) is 9.51. The highest BCUT2D eigenvalue weighted by Crippen LogP contribution is 2.28. The first-order valence-corrected chi connectivity index (χ1v) is 13.1. The average molecular weight is 475 g/mol. The van der Waals surface area contributed by atoms with Crippen LogP contribution in [0.1, 0.15) is 24.1 Å². The van der Waals surface area contributed by atoms with Gasteiger partial charge in [0.05, 0.1) is 0 Å². The first kappa shape index (κ1) is 22.6. The number of benzene rings is 1. The molecular weight excluding hydrogens is 448 g/mol. The molecule has 0 bridgehead atoms. The van der Waals surface area contributed by atoms with Crippen molar-refractivity contribution in [1.29, 1.82) is 0 Å². The Bertz CT molecular complexity index is 1180. The van der Waals surface area contributed by atoms with Crippen molar-refractivity contribution in [1.82, 2.24) is 19.8 Å². The Balaban J connectivity index is 1.32. The van der Waals surface area contributed by atoms with E-state index in [-0.39, 0.29) is 30.0 Å². The molecule has 0 saturated carbocycles. The maximum Gasteiger partial charge on any atom is 0.276 e. The van der Waals surface area contributed by atoms with Gasteiger partial charge in [-0.25, -0.2) is 8.42 Å². The number of nitrogens with zero attached hydrogens (tertiary/aromatic N) is 2. The Morgan fingerprint density at radius 2 is 1.94 bits per heavy atom. The van der Waals surface area contributed by atoms with Gasteiger partial charge in [0, 0.05) is 36.1 Å². The minimum Gasteiger partial charge on any atom is -0.442 e. The molecule has 1 fully saturated rings. The van der Waals surface area contributed by atoms with Crippen LogP contribution in [0.5, 0.6) is 0 Å². The second-order valence-electron chi connectivity index (χ2n) is 7.80. The molecule has 10 heteroatoms. The molecule has 0 spiro atoms. The number of carbonyl (C=O) groups is 1. The summed E-state index contributed by atoms with van der Waals surface area (Å²) in [5.74, 6) is 0.157. The minimum atomic E-state index is -3.76. The number of amides is 1. The number of aryl methyl sites for hydroxylation is 1. The SMILES string of the molecule is CSc1ccc(CNC(=O)C2CCN(S(=O)(=O)c3ccc(-c4cc(C)[nH]n4)o3)CC2)cc1. The summed E-state index contributed by atoms with van der Waals surface area (Å²) in [7, 11) is -3.76. The van der Waals surface area contributed by atoms with Gasteiger partial charge in [0.15, 0.2) is 5.76 Å². The van der Waals surface area contributed by atoms with Gasteiger partial charge in [-0.2, -0.15) is 9.40 Å². The number of aromatic nitrogens is 2. The van der Waals surface area contributed by atoms with Crippen molar-refractivity contribution >= 4 is 27.7 Å². The zero-order valence-corrected chi connectivity index (χ0v) is 19.6. The molecule has 4 rings (SSSR count). The van der Waals surface area contributed by atoms with Gasteiger partial charge in [-0.3, -0.25) is 9.89 Å². The third kappa shape index (κ3) is 4.92. The van der Waals surface area contributed by atoms with E-state index in [9.17, 15) is 13.2 Å². The molecule has 2 aromatic heterocycles. The predicted octanol–water partition coefficient (Wildman–Crippen LogP) is 3.42. The van der Waals surface area contributed by atoms with E-state index in [1.807, 2.05) is 37.4 Å². The number of hydrogen-bond donors (Lipinski definition) is 2. The van der Waals surface area contributed by atoms with E-state index in [1.165, 1.54) is 15.3 Å². The lowest BCUT2D eigenvalue weighted by atomic mass is 9.97. The van der Waals surface area contributed by atoms with Crippen LogP contribution in [0.25, 0.3) is 11.5 Å². The van der Waals surface area contributed by atoms with Crippen molar-refractivity contribution < 1.29 is 17.6 Å². The molecule has 3 aromatic rings. The molecule has 8 nitrogen and oxygen atoms in total. The number of aromatic amines is 1. The predicted molar refractivity (Wildman–Crippen MR) is 123 cm³/mol. The Kier molecular flexibility index (Phi) is 6.73. The Hall–Kier alpha value is -2.56. The van der Waals surface area contributed by atoms with Crippen LogP contribution in [-0.2, 0) is 21.4 Å². The number of piperidine rings is 1. The van der Waals surface area contributed by atoms with Crippen LogP contribution in [0, 0.1) is 12.8 Å². The van der Waals surface area contributed by atoms with Crippen LogP contribution >= 0.6 is 11.8 Å². The summed E-state index contributed by atoms with van der Waals surface area (Å²) in [6.07, 6.45) is 2.97. The van der Waals surface area contributed by atoms with Crippen LogP contribution in [0.3, 0.4) is 0 Å². The highest BCUT2D eigenvalue weighted by atomic mass is 32.2. The molecule has 1 aliphatic heterocycles. The van der Waals surface area contributed by atoms with E-state index >= 15 is 0 Å². The largest absolute Gasteiger partial charge is 0.442 e. The number of furan rings is 1. The second-order valence-corrected chi connectivity index (χ2v) is 10.5. The van der Waals surface area contributed by atoms with Crippen LogP contribution in [0.15, 0.2) is 56.9 Å². The standard InChI is InChI=1S/C22H26N4O4S2/c1-15-13-19(25-24-15)20-7-8-21(30-20)32(28,29)26-11-9-17(10-12-26)22(27)23-14-16-3-5-18(31-2)6-4-16/h3-8,13,17H,9-12,14H2,1-2H3,(H,23,27)(H,24,25). The van der Waals surface area contributed by atoms with E-state index < -0.39 is 10.0 Å². The number of nitrogens with one attached hydrogen (secondary N) is 2. The van der Waals surface area contributed by atoms with Gasteiger partial charge in [0.25, 0.3) is 10.0 Å². The summed E-state index contributed by atoms with van der Waals surface area (Å²) in [5.41, 5.74) is 2.46. The van der Waals surface area contributed by atoms with Crippen molar-refractivity contribution in [2.24, 2.45) is 5.92 Å². The van der Waals surface area contributed by atoms with Crippen molar-refractivity contribution in [3.8, 4) is 11.5 Å². The Labute approximate surface area is 191 Å². The van der Waals surface area contributed by atoms with Crippen molar-refractivity contribution in [2.75, 3.05) is 19.3 Å². The van der Waals surface area contributed by atoms with Gasteiger partial charge in [0.1, 0.15) is 5.69 Å².